The van der Waals surface area contributed by atoms with Crippen molar-refractivity contribution in [3.05, 3.63) is 89.0 Å². The molecule has 0 aliphatic carbocycles. The lowest BCUT2D eigenvalue weighted by molar-refractivity contribution is -0.149. The van der Waals surface area contributed by atoms with Crippen molar-refractivity contribution in [2.24, 2.45) is 5.92 Å². The summed E-state index contributed by atoms with van der Waals surface area (Å²) < 4.78 is 6.68. The molecule has 5 atom stereocenters. The number of aliphatic hydroxyl groups is 1. The van der Waals surface area contributed by atoms with E-state index in [1.54, 1.807) is 60.5 Å². The van der Waals surface area contributed by atoms with Crippen LogP contribution in [-0.4, -0.2) is 59.6 Å². The van der Waals surface area contributed by atoms with E-state index >= 15 is 0 Å². The average Bonchev–Trinajstić information content (AvgIpc) is 3.44. The van der Waals surface area contributed by atoms with Gasteiger partial charge in [-0.2, -0.15) is 0 Å². The standard InChI is InChI=1S/C33H38N4O6Si/c1-19-30(44(2,3)42)28(16-29(39)37-17-22-7-5-4-6-21(22)14-25(37)18-38)43-33(19)26-15-24(12-13-27(26)36-32(33)41)35-31(40)20-8-10-23(34)11-9-20/h4-13,15,19,25,28,30,38,42H,14,16-18,34H2,1-3H3,(H,35,40)(H,36,41)/t19-,25-,28+,30-,33+/m0/s1. The van der Waals surface area contributed by atoms with Crippen LogP contribution >= 0.6 is 0 Å². The van der Waals surface area contributed by atoms with Crippen molar-refractivity contribution in [3.8, 4) is 0 Å². The second-order valence-electron chi connectivity index (χ2n) is 12.7. The first-order valence-electron chi connectivity index (χ1n) is 14.9. The Morgan fingerprint density at radius 2 is 1.82 bits per heavy atom. The quantitative estimate of drug-likeness (QED) is 0.210. The number of nitrogens with two attached hydrogens (primary N) is 1. The maximum absolute atomic E-state index is 13.9. The fourth-order valence-corrected chi connectivity index (χ4v) is 9.90. The molecule has 6 rings (SSSR count). The highest BCUT2D eigenvalue weighted by molar-refractivity contribution is 6.71. The summed E-state index contributed by atoms with van der Waals surface area (Å²) >= 11 is 0. The van der Waals surface area contributed by atoms with Crippen LogP contribution in [0.4, 0.5) is 17.1 Å². The number of aliphatic hydroxyl groups excluding tert-OH is 1. The lowest BCUT2D eigenvalue weighted by Gasteiger charge is -2.37. The number of anilines is 3. The number of carbonyl (C=O) groups is 3. The number of ether oxygens (including phenoxy) is 1. The zero-order valence-corrected chi connectivity index (χ0v) is 26.0. The number of nitrogen functional groups attached to an aromatic ring is 1. The van der Waals surface area contributed by atoms with Gasteiger partial charge in [0.25, 0.3) is 11.8 Å². The van der Waals surface area contributed by atoms with E-state index in [1.165, 1.54) is 0 Å². The van der Waals surface area contributed by atoms with E-state index in [2.05, 4.69) is 10.6 Å². The Labute approximate surface area is 257 Å². The van der Waals surface area contributed by atoms with E-state index in [4.69, 9.17) is 10.5 Å². The number of hydrogen-bond acceptors (Lipinski definition) is 7. The Bertz CT molecular complexity index is 1620. The maximum Gasteiger partial charge on any atom is 0.261 e. The highest BCUT2D eigenvalue weighted by Gasteiger charge is 2.65. The van der Waals surface area contributed by atoms with Crippen LogP contribution in [-0.2, 0) is 32.9 Å². The monoisotopic (exact) mass is 614 g/mol. The molecule has 3 amide bonds. The van der Waals surface area contributed by atoms with Gasteiger partial charge in [0.15, 0.2) is 13.9 Å². The average molecular weight is 615 g/mol. The third-order valence-electron chi connectivity index (χ3n) is 9.43. The number of fused-ring (bicyclic) bond motifs is 3. The van der Waals surface area contributed by atoms with Gasteiger partial charge >= 0.3 is 0 Å². The number of hydrogen-bond donors (Lipinski definition) is 5. The van der Waals surface area contributed by atoms with Crippen LogP contribution in [0, 0.1) is 5.92 Å². The van der Waals surface area contributed by atoms with E-state index in [1.807, 2.05) is 31.2 Å². The third kappa shape index (κ3) is 5.09. The van der Waals surface area contributed by atoms with Gasteiger partial charge in [0, 0.05) is 46.2 Å². The molecule has 3 heterocycles. The van der Waals surface area contributed by atoms with Crippen LogP contribution in [0.1, 0.15) is 40.4 Å². The first kappa shape index (κ1) is 30.0. The van der Waals surface area contributed by atoms with Gasteiger partial charge in [-0.3, -0.25) is 14.4 Å². The third-order valence-corrected chi connectivity index (χ3v) is 11.9. The molecule has 0 radical (unpaired) electrons. The molecule has 1 saturated heterocycles. The van der Waals surface area contributed by atoms with E-state index < -0.39 is 31.5 Å². The van der Waals surface area contributed by atoms with Crippen molar-refractivity contribution in [1.29, 1.82) is 0 Å². The SMILES string of the molecule is C[C@H]1[C@H]([Si](C)(C)O)[C@@H](CC(=O)N2Cc3ccccc3C[C@H]2CO)O[C@]12C(=O)Nc1ccc(NC(=O)c3ccc(N)cc3)cc12. The second-order valence-corrected chi connectivity index (χ2v) is 16.7. The number of nitrogens with zero attached hydrogens (tertiary/aromatic N) is 1. The molecular formula is C33H38N4O6Si. The molecule has 1 spiro atoms. The first-order chi connectivity index (χ1) is 20.9. The molecule has 3 aliphatic rings. The Morgan fingerprint density at radius 3 is 2.50 bits per heavy atom. The Morgan fingerprint density at radius 1 is 1.11 bits per heavy atom. The molecule has 230 valence electrons. The minimum Gasteiger partial charge on any atom is -0.432 e. The molecule has 11 heteroatoms. The molecule has 10 nitrogen and oxygen atoms in total. The van der Waals surface area contributed by atoms with Gasteiger partial charge < -0.3 is 35.9 Å². The fraction of sp³-hybridized carbons (Fsp3) is 0.364. The van der Waals surface area contributed by atoms with Crippen LogP contribution in [0.5, 0.6) is 0 Å². The van der Waals surface area contributed by atoms with Gasteiger partial charge in [-0.15, -0.1) is 0 Å². The van der Waals surface area contributed by atoms with E-state index in [0.717, 1.165) is 11.1 Å². The lowest BCUT2D eigenvalue weighted by atomic mass is 9.82. The van der Waals surface area contributed by atoms with E-state index in [0.29, 0.717) is 41.2 Å². The molecule has 6 N–H and O–H groups in total. The molecular weight excluding hydrogens is 576 g/mol. The zero-order chi connectivity index (χ0) is 31.4. The van der Waals surface area contributed by atoms with Gasteiger partial charge in [0.2, 0.25) is 5.91 Å². The smallest absolute Gasteiger partial charge is 0.261 e. The summed E-state index contributed by atoms with van der Waals surface area (Å²) in [6, 6.07) is 19.3. The minimum atomic E-state index is -2.99. The van der Waals surface area contributed by atoms with Crippen molar-refractivity contribution in [2.75, 3.05) is 23.0 Å². The topological polar surface area (TPSA) is 154 Å². The van der Waals surface area contributed by atoms with Crippen LogP contribution in [0.15, 0.2) is 66.7 Å². The fourth-order valence-electron chi connectivity index (χ4n) is 7.34. The van der Waals surface area contributed by atoms with Gasteiger partial charge in [-0.05, 0) is 73.1 Å². The highest BCUT2D eigenvalue weighted by Crippen LogP contribution is 2.58. The van der Waals surface area contributed by atoms with Crippen LogP contribution in [0.3, 0.4) is 0 Å². The molecule has 3 aliphatic heterocycles. The Hall–Kier alpha value is -4.03. The van der Waals surface area contributed by atoms with E-state index in [9.17, 15) is 24.3 Å². The van der Waals surface area contributed by atoms with Crippen molar-refractivity contribution >= 4 is 43.1 Å². The molecule has 44 heavy (non-hydrogen) atoms. The van der Waals surface area contributed by atoms with Gasteiger partial charge in [0.1, 0.15) is 0 Å². The van der Waals surface area contributed by atoms with Crippen molar-refractivity contribution in [1.82, 2.24) is 4.90 Å². The summed E-state index contributed by atoms with van der Waals surface area (Å²) in [6.07, 6.45) is -0.220. The van der Waals surface area contributed by atoms with E-state index in [-0.39, 0.29) is 36.8 Å². The molecule has 0 aromatic heterocycles. The van der Waals surface area contributed by atoms with Crippen LogP contribution in [0.25, 0.3) is 0 Å². The summed E-state index contributed by atoms with van der Waals surface area (Å²) in [7, 11) is -2.99. The van der Waals surface area contributed by atoms with Gasteiger partial charge in [0.05, 0.1) is 25.2 Å². The number of nitrogens with one attached hydrogen (secondary N) is 2. The molecule has 1 fully saturated rings. The number of benzene rings is 3. The molecule has 3 aromatic rings. The maximum atomic E-state index is 13.9. The zero-order valence-electron chi connectivity index (χ0n) is 25.0. The predicted octanol–water partition coefficient (Wildman–Crippen LogP) is 3.61. The van der Waals surface area contributed by atoms with Crippen LogP contribution < -0.4 is 16.4 Å². The van der Waals surface area contributed by atoms with Crippen molar-refractivity contribution < 1.29 is 29.0 Å². The van der Waals surface area contributed by atoms with Crippen LogP contribution in [0.2, 0.25) is 18.6 Å². The normalized spacial score (nSPS) is 25.8. The minimum absolute atomic E-state index is 0.0391. The first-order valence-corrected chi connectivity index (χ1v) is 17.9. The molecule has 0 saturated carbocycles. The summed E-state index contributed by atoms with van der Waals surface area (Å²) in [4.78, 5) is 53.8. The van der Waals surface area contributed by atoms with Crippen molar-refractivity contribution in [2.45, 2.75) is 62.7 Å². The number of rotatable bonds is 6. The number of carbonyl (C=O) groups excluding carboxylic acids is 3. The summed E-state index contributed by atoms with van der Waals surface area (Å²) in [5.41, 5.74) is 8.59. The largest absolute Gasteiger partial charge is 0.432 e. The highest BCUT2D eigenvalue weighted by atomic mass is 28.4. The Kier molecular flexibility index (Phi) is 7.61. The predicted molar refractivity (Wildman–Crippen MR) is 169 cm³/mol. The molecule has 0 bridgehead atoms. The molecule has 3 aromatic carbocycles. The summed E-state index contributed by atoms with van der Waals surface area (Å²) in [5.74, 6) is -1.35. The molecule has 0 unspecified atom stereocenters. The second kappa shape index (κ2) is 11.2. The summed E-state index contributed by atoms with van der Waals surface area (Å²) in [5, 5.41) is 16.0. The Balaban J connectivity index is 1.30. The van der Waals surface area contributed by atoms with Crippen molar-refractivity contribution in [3.63, 3.8) is 0 Å². The van der Waals surface area contributed by atoms with Gasteiger partial charge in [-0.25, -0.2) is 0 Å². The lowest BCUT2D eigenvalue weighted by Crippen LogP contribution is -2.48. The summed E-state index contributed by atoms with van der Waals surface area (Å²) in [6.45, 7) is 5.70. The van der Waals surface area contributed by atoms with Gasteiger partial charge in [-0.1, -0.05) is 31.2 Å². The number of amides is 3.